The lowest BCUT2D eigenvalue weighted by molar-refractivity contribution is -0.138. The van der Waals surface area contributed by atoms with Gasteiger partial charge in [-0.15, -0.1) is 0 Å². The minimum absolute atomic E-state index is 0.0294. The van der Waals surface area contributed by atoms with Crippen molar-refractivity contribution >= 4 is 5.91 Å². The van der Waals surface area contributed by atoms with Crippen LogP contribution in [0.5, 0.6) is 5.75 Å². The minimum atomic E-state index is -0.0294. The maximum Gasteiger partial charge on any atom is 0.260 e. The summed E-state index contributed by atoms with van der Waals surface area (Å²) in [5.74, 6) is 2.53. The zero-order valence-corrected chi connectivity index (χ0v) is 16.7. The van der Waals surface area contributed by atoms with Gasteiger partial charge in [0.2, 0.25) is 5.89 Å². The molecule has 3 aromatic rings. The van der Waals surface area contributed by atoms with Gasteiger partial charge < -0.3 is 14.2 Å². The van der Waals surface area contributed by atoms with Crippen molar-refractivity contribution < 1.29 is 14.1 Å². The molecular weight excluding hydrogens is 366 g/mol. The molecule has 1 aromatic heterocycles. The second-order valence-corrected chi connectivity index (χ2v) is 7.72. The molecule has 0 aliphatic carbocycles. The molecule has 0 radical (unpaired) electrons. The van der Waals surface area contributed by atoms with E-state index in [4.69, 9.17) is 9.26 Å². The van der Waals surface area contributed by atoms with Gasteiger partial charge in [-0.05, 0) is 29.2 Å². The Morgan fingerprint density at radius 2 is 1.86 bits per heavy atom. The van der Waals surface area contributed by atoms with Gasteiger partial charge in [-0.2, -0.15) is 4.98 Å². The molecular formula is C23H25N3O3. The van der Waals surface area contributed by atoms with Crippen molar-refractivity contribution in [1.82, 2.24) is 15.0 Å². The molecule has 0 unspecified atom stereocenters. The molecule has 1 amide bonds. The number of carbonyl (C=O) groups excluding carboxylic acids is 1. The summed E-state index contributed by atoms with van der Waals surface area (Å²) >= 11 is 0. The monoisotopic (exact) mass is 391 g/mol. The van der Waals surface area contributed by atoms with E-state index in [0.29, 0.717) is 42.9 Å². The SMILES string of the molecule is CC(C)c1ccc(OCC(=O)N2CC(c3nc(Cc4ccccc4)no3)C2)cc1. The molecule has 4 rings (SSSR count). The Balaban J connectivity index is 1.24. The standard InChI is InChI=1S/C23H25N3O3/c1-16(2)18-8-10-20(11-9-18)28-15-22(27)26-13-19(14-26)23-24-21(25-29-23)12-17-6-4-3-5-7-17/h3-11,16,19H,12-15H2,1-2H3. The van der Waals surface area contributed by atoms with Gasteiger partial charge in [-0.1, -0.05) is 61.5 Å². The van der Waals surface area contributed by atoms with E-state index in [1.807, 2.05) is 54.6 Å². The van der Waals surface area contributed by atoms with Gasteiger partial charge in [-0.3, -0.25) is 4.79 Å². The van der Waals surface area contributed by atoms with Gasteiger partial charge >= 0.3 is 0 Å². The predicted octanol–water partition coefficient (Wildman–Crippen LogP) is 3.79. The molecule has 0 atom stereocenters. The van der Waals surface area contributed by atoms with Crippen LogP contribution in [-0.2, 0) is 11.2 Å². The molecule has 150 valence electrons. The molecule has 0 bridgehead atoms. The zero-order valence-electron chi connectivity index (χ0n) is 16.7. The number of hydrogen-bond donors (Lipinski definition) is 0. The number of amides is 1. The number of carbonyl (C=O) groups is 1. The van der Waals surface area contributed by atoms with E-state index in [9.17, 15) is 4.79 Å². The van der Waals surface area contributed by atoms with Crippen LogP contribution in [0.2, 0.25) is 0 Å². The van der Waals surface area contributed by atoms with Crippen LogP contribution in [0.3, 0.4) is 0 Å². The summed E-state index contributed by atoms with van der Waals surface area (Å²) in [7, 11) is 0. The van der Waals surface area contributed by atoms with Crippen LogP contribution in [-0.4, -0.2) is 40.6 Å². The number of nitrogens with zero attached hydrogens (tertiary/aromatic N) is 3. The Hall–Kier alpha value is -3.15. The molecule has 6 nitrogen and oxygen atoms in total. The van der Waals surface area contributed by atoms with Gasteiger partial charge in [0.05, 0.1) is 5.92 Å². The topological polar surface area (TPSA) is 68.5 Å². The Bertz CT molecular complexity index is 945. The van der Waals surface area contributed by atoms with E-state index in [2.05, 4.69) is 24.0 Å². The summed E-state index contributed by atoms with van der Waals surface area (Å²) in [6, 6.07) is 17.9. The first-order chi connectivity index (χ1) is 14.1. The summed E-state index contributed by atoms with van der Waals surface area (Å²) in [5, 5.41) is 4.07. The van der Waals surface area contributed by atoms with Crippen LogP contribution >= 0.6 is 0 Å². The summed E-state index contributed by atoms with van der Waals surface area (Å²) < 4.78 is 11.0. The van der Waals surface area contributed by atoms with Crippen LogP contribution in [0, 0.1) is 0 Å². The van der Waals surface area contributed by atoms with Crippen molar-refractivity contribution in [1.29, 1.82) is 0 Å². The number of likely N-dealkylation sites (tertiary alicyclic amines) is 1. The second-order valence-electron chi connectivity index (χ2n) is 7.72. The molecule has 1 saturated heterocycles. The molecule has 6 heteroatoms. The average molecular weight is 391 g/mol. The molecule has 0 spiro atoms. The van der Waals surface area contributed by atoms with Gasteiger partial charge in [0.1, 0.15) is 5.75 Å². The molecule has 2 aromatic carbocycles. The van der Waals surface area contributed by atoms with Crippen LogP contribution in [0.4, 0.5) is 0 Å². The van der Waals surface area contributed by atoms with Crippen molar-refractivity contribution in [3.05, 3.63) is 77.4 Å². The van der Waals surface area contributed by atoms with E-state index in [0.717, 1.165) is 5.56 Å². The summed E-state index contributed by atoms with van der Waals surface area (Å²) in [6.07, 6.45) is 0.642. The zero-order chi connectivity index (χ0) is 20.2. The number of hydrogen-bond acceptors (Lipinski definition) is 5. The summed E-state index contributed by atoms with van der Waals surface area (Å²) in [5.41, 5.74) is 2.39. The highest BCUT2D eigenvalue weighted by Gasteiger charge is 2.35. The lowest BCUT2D eigenvalue weighted by atomic mass is 10.0. The number of aromatic nitrogens is 2. The van der Waals surface area contributed by atoms with Gasteiger partial charge in [-0.25, -0.2) is 0 Å². The van der Waals surface area contributed by atoms with Crippen molar-refractivity contribution in [2.75, 3.05) is 19.7 Å². The molecule has 1 aliphatic heterocycles. The van der Waals surface area contributed by atoms with Gasteiger partial charge in [0.25, 0.3) is 5.91 Å². The molecule has 2 heterocycles. The van der Waals surface area contributed by atoms with Crippen LogP contribution in [0.15, 0.2) is 59.1 Å². The quantitative estimate of drug-likeness (QED) is 0.613. The van der Waals surface area contributed by atoms with E-state index in [-0.39, 0.29) is 18.4 Å². The van der Waals surface area contributed by atoms with Crippen molar-refractivity contribution in [2.24, 2.45) is 0 Å². The third-order valence-corrected chi connectivity index (χ3v) is 5.18. The Labute approximate surface area is 170 Å². The van der Waals surface area contributed by atoms with Crippen LogP contribution < -0.4 is 4.74 Å². The largest absolute Gasteiger partial charge is 0.484 e. The summed E-state index contributed by atoms with van der Waals surface area (Å²) in [6.45, 7) is 5.50. The fourth-order valence-corrected chi connectivity index (χ4v) is 3.31. The number of benzene rings is 2. The maximum absolute atomic E-state index is 12.3. The fraction of sp³-hybridized carbons (Fsp3) is 0.348. The number of ether oxygens (including phenoxy) is 1. The highest BCUT2D eigenvalue weighted by atomic mass is 16.5. The van der Waals surface area contributed by atoms with E-state index < -0.39 is 0 Å². The molecule has 1 fully saturated rings. The minimum Gasteiger partial charge on any atom is -0.484 e. The maximum atomic E-state index is 12.3. The average Bonchev–Trinajstić information content (AvgIpc) is 3.14. The third kappa shape index (κ3) is 4.65. The van der Waals surface area contributed by atoms with Crippen LogP contribution in [0.1, 0.15) is 48.5 Å². The highest BCUT2D eigenvalue weighted by molar-refractivity contribution is 5.78. The predicted molar refractivity (Wildman–Crippen MR) is 109 cm³/mol. The highest BCUT2D eigenvalue weighted by Crippen LogP contribution is 2.26. The van der Waals surface area contributed by atoms with Crippen molar-refractivity contribution in [3.63, 3.8) is 0 Å². The molecule has 1 aliphatic rings. The first-order valence-corrected chi connectivity index (χ1v) is 9.95. The molecule has 29 heavy (non-hydrogen) atoms. The van der Waals surface area contributed by atoms with E-state index in [1.54, 1.807) is 4.90 Å². The van der Waals surface area contributed by atoms with E-state index >= 15 is 0 Å². The van der Waals surface area contributed by atoms with Gasteiger partial charge in [0.15, 0.2) is 12.4 Å². The molecule has 0 N–H and O–H groups in total. The smallest absolute Gasteiger partial charge is 0.260 e. The Kier molecular flexibility index (Phi) is 5.60. The van der Waals surface area contributed by atoms with Crippen molar-refractivity contribution in [2.45, 2.75) is 32.1 Å². The summed E-state index contributed by atoms with van der Waals surface area (Å²) in [4.78, 5) is 18.6. The van der Waals surface area contributed by atoms with E-state index in [1.165, 1.54) is 5.56 Å². The van der Waals surface area contributed by atoms with Gasteiger partial charge in [0, 0.05) is 19.5 Å². The van der Waals surface area contributed by atoms with Crippen molar-refractivity contribution in [3.8, 4) is 5.75 Å². The van der Waals surface area contributed by atoms with Crippen LogP contribution in [0.25, 0.3) is 0 Å². The lowest BCUT2D eigenvalue weighted by Gasteiger charge is -2.36. The molecule has 0 saturated carbocycles. The second kappa shape index (κ2) is 8.47. The third-order valence-electron chi connectivity index (χ3n) is 5.18. The Morgan fingerprint density at radius 3 is 2.55 bits per heavy atom. The first kappa shape index (κ1) is 19.2. The number of rotatable bonds is 7. The normalized spacial score (nSPS) is 14.1. The lowest BCUT2D eigenvalue weighted by Crippen LogP contribution is -2.50. The fourth-order valence-electron chi connectivity index (χ4n) is 3.31. The Morgan fingerprint density at radius 1 is 1.14 bits per heavy atom. The first-order valence-electron chi connectivity index (χ1n) is 9.95.